The second-order valence-corrected chi connectivity index (χ2v) is 3.79. The fourth-order valence-electron chi connectivity index (χ4n) is 1.82. The summed E-state index contributed by atoms with van der Waals surface area (Å²) in [5, 5.41) is 9.35. The van der Waals surface area contributed by atoms with E-state index in [0.717, 1.165) is 16.6 Å². The second-order valence-electron chi connectivity index (χ2n) is 3.79. The first-order valence-electron chi connectivity index (χ1n) is 5.17. The summed E-state index contributed by atoms with van der Waals surface area (Å²) in [6.45, 7) is 0. The highest BCUT2D eigenvalue weighted by Crippen LogP contribution is 2.23. The van der Waals surface area contributed by atoms with Crippen LogP contribution in [0.5, 0.6) is 5.88 Å². The van der Waals surface area contributed by atoms with Gasteiger partial charge in [0, 0.05) is 25.0 Å². The predicted molar refractivity (Wildman–Crippen MR) is 63.4 cm³/mol. The number of fused-ring (bicyclic) bond motifs is 1. The summed E-state index contributed by atoms with van der Waals surface area (Å²) in [4.78, 5) is 12.5. The van der Waals surface area contributed by atoms with Gasteiger partial charge in [-0.1, -0.05) is 0 Å². The first-order chi connectivity index (χ1) is 8.24. The average molecular weight is 226 g/mol. The molecule has 0 aliphatic carbocycles. The first-order valence-corrected chi connectivity index (χ1v) is 5.17. The summed E-state index contributed by atoms with van der Waals surface area (Å²) in [6.07, 6.45) is 4.88. The van der Waals surface area contributed by atoms with Crippen molar-refractivity contribution in [2.24, 2.45) is 7.05 Å². The molecule has 0 bridgehead atoms. The Kier molecular flexibility index (Phi) is 2.04. The van der Waals surface area contributed by atoms with Crippen molar-refractivity contribution < 1.29 is 5.11 Å². The van der Waals surface area contributed by atoms with Crippen LogP contribution in [0, 0.1) is 0 Å². The number of hydrogen-bond acceptors (Lipinski definition) is 4. The molecule has 0 spiro atoms. The van der Waals surface area contributed by atoms with Crippen LogP contribution in [0.4, 0.5) is 0 Å². The molecule has 0 unspecified atom stereocenters. The van der Waals surface area contributed by atoms with Gasteiger partial charge in [-0.15, -0.1) is 0 Å². The predicted octanol–water partition coefficient (Wildman–Crippen LogP) is 1.74. The van der Waals surface area contributed by atoms with Crippen LogP contribution in [0.15, 0.2) is 36.8 Å². The molecule has 2 aromatic heterocycles. The second kappa shape index (κ2) is 3.55. The molecule has 0 aliphatic heterocycles. The number of benzene rings is 1. The highest BCUT2D eigenvalue weighted by atomic mass is 16.3. The Morgan fingerprint density at radius 2 is 1.88 bits per heavy atom. The smallest absolute Gasteiger partial charge is 0.229 e. The lowest BCUT2D eigenvalue weighted by atomic mass is 10.2. The molecule has 5 heteroatoms. The third-order valence-electron chi connectivity index (χ3n) is 2.59. The van der Waals surface area contributed by atoms with E-state index in [9.17, 15) is 5.11 Å². The number of hydrogen-bond donors (Lipinski definition) is 1. The molecule has 3 rings (SSSR count). The molecule has 0 radical (unpaired) electrons. The van der Waals surface area contributed by atoms with Gasteiger partial charge in [0.1, 0.15) is 5.82 Å². The Balaban J connectivity index is 2.21. The van der Waals surface area contributed by atoms with Crippen LogP contribution < -0.4 is 0 Å². The van der Waals surface area contributed by atoms with E-state index in [4.69, 9.17) is 0 Å². The number of aryl methyl sites for hydroxylation is 1. The van der Waals surface area contributed by atoms with Crippen LogP contribution in [0.2, 0.25) is 0 Å². The molecule has 5 nitrogen and oxygen atoms in total. The lowest BCUT2D eigenvalue weighted by molar-refractivity contribution is 0.456. The number of aromatic nitrogens is 4. The van der Waals surface area contributed by atoms with Crippen LogP contribution >= 0.6 is 0 Å². The van der Waals surface area contributed by atoms with Crippen molar-refractivity contribution in [1.29, 1.82) is 0 Å². The quantitative estimate of drug-likeness (QED) is 0.686. The Labute approximate surface area is 97.4 Å². The summed E-state index contributed by atoms with van der Waals surface area (Å²) in [5.74, 6) is 0.719. The third kappa shape index (κ3) is 1.61. The Bertz CT molecular complexity index is 690. The van der Waals surface area contributed by atoms with Crippen LogP contribution in [0.1, 0.15) is 0 Å². The highest BCUT2D eigenvalue weighted by Gasteiger charge is 2.07. The summed E-state index contributed by atoms with van der Waals surface area (Å²) in [6, 6.07) is 5.71. The summed E-state index contributed by atoms with van der Waals surface area (Å²) >= 11 is 0. The van der Waals surface area contributed by atoms with Crippen molar-refractivity contribution in [3.05, 3.63) is 36.8 Å². The zero-order valence-corrected chi connectivity index (χ0v) is 9.20. The maximum absolute atomic E-state index is 9.35. The Morgan fingerprint density at radius 3 is 2.59 bits per heavy atom. The van der Waals surface area contributed by atoms with Gasteiger partial charge in [0.25, 0.3) is 0 Å². The zero-order valence-electron chi connectivity index (χ0n) is 9.20. The average Bonchev–Trinajstić information content (AvgIpc) is 2.68. The van der Waals surface area contributed by atoms with Gasteiger partial charge in [-0.25, -0.2) is 0 Å². The molecule has 0 fully saturated rings. The minimum absolute atomic E-state index is 0.0155. The van der Waals surface area contributed by atoms with Gasteiger partial charge in [-0.2, -0.15) is 4.98 Å². The first kappa shape index (κ1) is 9.77. The molecule has 0 atom stereocenters. The summed E-state index contributed by atoms with van der Waals surface area (Å²) < 4.78 is 1.77. The van der Waals surface area contributed by atoms with Crippen LogP contribution in [-0.2, 0) is 7.05 Å². The Morgan fingerprint density at radius 1 is 1.12 bits per heavy atom. The van der Waals surface area contributed by atoms with Gasteiger partial charge >= 0.3 is 0 Å². The largest absolute Gasteiger partial charge is 0.492 e. The van der Waals surface area contributed by atoms with Crippen LogP contribution in [0.25, 0.3) is 22.4 Å². The fraction of sp³-hybridized carbons (Fsp3) is 0.0833. The monoisotopic (exact) mass is 226 g/mol. The molecule has 0 saturated heterocycles. The zero-order chi connectivity index (χ0) is 11.8. The molecule has 2 heterocycles. The van der Waals surface area contributed by atoms with E-state index in [1.807, 2.05) is 25.2 Å². The van der Waals surface area contributed by atoms with E-state index in [1.54, 1.807) is 23.2 Å². The molecule has 3 aromatic rings. The van der Waals surface area contributed by atoms with Crippen molar-refractivity contribution >= 4 is 11.0 Å². The van der Waals surface area contributed by atoms with Crippen molar-refractivity contribution in [2.45, 2.75) is 0 Å². The van der Waals surface area contributed by atoms with Gasteiger partial charge in [0.2, 0.25) is 5.88 Å². The standard InChI is InChI=1S/C12H10N4O/c1-16-7-11(17)15-12(16)8-2-3-9-10(6-8)14-5-4-13-9/h2-7,17H,1H3. The van der Waals surface area contributed by atoms with Gasteiger partial charge in [0.05, 0.1) is 17.2 Å². The van der Waals surface area contributed by atoms with E-state index in [0.29, 0.717) is 5.82 Å². The molecule has 1 N–H and O–H groups in total. The molecule has 84 valence electrons. The molecular formula is C12H10N4O. The highest BCUT2D eigenvalue weighted by molar-refractivity contribution is 5.79. The van der Waals surface area contributed by atoms with Crippen LogP contribution in [-0.4, -0.2) is 24.6 Å². The van der Waals surface area contributed by atoms with Gasteiger partial charge in [-0.05, 0) is 18.2 Å². The third-order valence-corrected chi connectivity index (χ3v) is 2.59. The van der Waals surface area contributed by atoms with E-state index in [-0.39, 0.29) is 5.88 Å². The molecule has 0 saturated carbocycles. The van der Waals surface area contributed by atoms with E-state index >= 15 is 0 Å². The van der Waals surface area contributed by atoms with E-state index < -0.39 is 0 Å². The maximum atomic E-state index is 9.35. The normalized spacial score (nSPS) is 10.9. The fourth-order valence-corrected chi connectivity index (χ4v) is 1.82. The van der Waals surface area contributed by atoms with Crippen LogP contribution in [0.3, 0.4) is 0 Å². The molecule has 17 heavy (non-hydrogen) atoms. The lowest BCUT2D eigenvalue weighted by Gasteiger charge is -2.02. The van der Waals surface area contributed by atoms with E-state index in [1.165, 1.54) is 0 Å². The molecule has 0 aliphatic rings. The molecular weight excluding hydrogens is 216 g/mol. The minimum Gasteiger partial charge on any atom is -0.492 e. The lowest BCUT2D eigenvalue weighted by Crippen LogP contribution is -1.91. The van der Waals surface area contributed by atoms with Crippen molar-refractivity contribution in [2.75, 3.05) is 0 Å². The van der Waals surface area contributed by atoms with Crippen molar-refractivity contribution in [1.82, 2.24) is 19.5 Å². The number of aromatic hydroxyl groups is 1. The number of nitrogens with zero attached hydrogens (tertiary/aromatic N) is 4. The summed E-state index contributed by atoms with van der Waals surface area (Å²) in [7, 11) is 1.84. The minimum atomic E-state index is 0.0155. The van der Waals surface area contributed by atoms with Crippen molar-refractivity contribution in [3.8, 4) is 17.3 Å². The Hall–Kier alpha value is -2.43. The topological polar surface area (TPSA) is 63.8 Å². The number of imidazole rings is 1. The van der Waals surface area contributed by atoms with Gasteiger partial charge < -0.3 is 9.67 Å². The SMILES string of the molecule is Cn1cc(O)nc1-c1ccc2nccnc2c1. The van der Waals surface area contributed by atoms with Crippen molar-refractivity contribution in [3.63, 3.8) is 0 Å². The van der Waals surface area contributed by atoms with Gasteiger partial charge in [0.15, 0.2) is 0 Å². The van der Waals surface area contributed by atoms with E-state index in [2.05, 4.69) is 15.0 Å². The number of rotatable bonds is 1. The summed E-state index contributed by atoms with van der Waals surface area (Å²) in [5.41, 5.74) is 2.56. The van der Waals surface area contributed by atoms with Gasteiger partial charge in [-0.3, -0.25) is 9.97 Å². The molecule has 1 aromatic carbocycles. The maximum Gasteiger partial charge on any atom is 0.229 e. The molecule has 0 amide bonds.